The van der Waals surface area contributed by atoms with Crippen molar-refractivity contribution in [3.8, 4) is 0 Å². The average molecular weight is 261 g/mol. The Balaban J connectivity index is 1.74. The first-order chi connectivity index (χ1) is 9.20. The van der Waals surface area contributed by atoms with Crippen molar-refractivity contribution < 1.29 is 0 Å². The molecule has 5 heteroatoms. The fraction of sp³-hybridized carbons (Fsp3) is 0.571. The Kier molecular flexibility index (Phi) is 4.74. The molecule has 0 fully saturated rings. The molecule has 0 amide bonds. The molecule has 2 aromatic heterocycles. The Morgan fingerprint density at radius 3 is 2.89 bits per heavy atom. The van der Waals surface area contributed by atoms with Crippen molar-refractivity contribution in [3.63, 3.8) is 0 Å². The molecule has 1 unspecified atom stereocenters. The van der Waals surface area contributed by atoms with Gasteiger partial charge in [0.15, 0.2) is 0 Å². The molecule has 0 radical (unpaired) electrons. The van der Waals surface area contributed by atoms with E-state index in [-0.39, 0.29) is 0 Å². The highest BCUT2D eigenvalue weighted by atomic mass is 15.3. The topological polar surface area (TPSA) is 47.7 Å². The first-order valence-corrected chi connectivity index (χ1v) is 6.92. The van der Waals surface area contributed by atoms with Crippen LogP contribution >= 0.6 is 0 Å². The van der Waals surface area contributed by atoms with Crippen LogP contribution in [0.3, 0.4) is 0 Å². The highest BCUT2D eigenvalue weighted by Crippen LogP contribution is 2.08. The molecular formula is C14H23N5. The lowest BCUT2D eigenvalue weighted by Gasteiger charge is -2.08. The minimum Gasteiger partial charge on any atom is -0.311 e. The molecule has 1 atom stereocenters. The molecule has 0 bridgehead atoms. The number of aryl methyl sites for hydroxylation is 1. The molecule has 2 rings (SSSR count). The lowest BCUT2D eigenvalue weighted by molar-refractivity contribution is 0.471. The maximum atomic E-state index is 4.57. The molecule has 0 aliphatic rings. The SMILES string of the molecule is CCC(C)n1ccc(CNCCc2ccnn2C)n1. The number of hydrogen-bond donors (Lipinski definition) is 1. The van der Waals surface area contributed by atoms with Gasteiger partial charge < -0.3 is 5.32 Å². The molecule has 0 aliphatic carbocycles. The first-order valence-electron chi connectivity index (χ1n) is 6.92. The molecule has 0 saturated heterocycles. The second kappa shape index (κ2) is 6.52. The summed E-state index contributed by atoms with van der Waals surface area (Å²) in [6, 6.07) is 4.62. The van der Waals surface area contributed by atoms with Gasteiger partial charge in [-0.05, 0) is 25.5 Å². The summed E-state index contributed by atoms with van der Waals surface area (Å²) in [4.78, 5) is 0. The van der Waals surface area contributed by atoms with Gasteiger partial charge in [-0.3, -0.25) is 9.36 Å². The van der Waals surface area contributed by atoms with Crippen LogP contribution < -0.4 is 5.32 Å². The third-order valence-electron chi connectivity index (χ3n) is 3.49. The third kappa shape index (κ3) is 3.67. The minimum atomic E-state index is 0.475. The first kappa shape index (κ1) is 13.8. The van der Waals surface area contributed by atoms with E-state index < -0.39 is 0 Å². The zero-order valence-electron chi connectivity index (χ0n) is 12.0. The average Bonchev–Trinajstić information content (AvgIpc) is 3.03. The van der Waals surface area contributed by atoms with E-state index in [4.69, 9.17) is 0 Å². The Labute approximate surface area is 114 Å². The van der Waals surface area contributed by atoms with E-state index in [1.807, 2.05) is 22.6 Å². The highest BCUT2D eigenvalue weighted by Gasteiger charge is 2.04. The predicted molar refractivity (Wildman–Crippen MR) is 75.8 cm³/mol. The number of nitrogens with one attached hydrogen (secondary N) is 1. The van der Waals surface area contributed by atoms with Crippen molar-refractivity contribution >= 4 is 0 Å². The van der Waals surface area contributed by atoms with Crippen molar-refractivity contribution in [2.45, 2.75) is 39.3 Å². The van der Waals surface area contributed by atoms with Gasteiger partial charge >= 0.3 is 0 Å². The quantitative estimate of drug-likeness (QED) is 0.775. The summed E-state index contributed by atoms with van der Waals surface area (Å²) in [5, 5.41) is 12.1. The standard InChI is InChI=1S/C14H23N5/c1-4-12(2)19-10-7-13(17-19)11-15-8-5-14-6-9-16-18(14)3/h6-7,9-10,12,15H,4-5,8,11H2,1-3H3. The van der Waals surface area contributed by atoms with E-state index in [2.05, 4.69) is 47.7 Å². The zero-order chi connectivity index (χ0) is 13.7. The van der Waals surface area contributed by atoms with Gasteiger partial charge in [-0.1, -0.05) is 6.92 Å². The van der Waals surface area contributed by atoms with Crippen molar-refractivity contribution in [2.24, 2.45) is 7.05 Å². The van der Waals surface area contributed by atoms with Crippen molar-refractivity contribution in [2.75, 3.05) is 6.54 Å². The van der Waals surface area contributed by atoms with Gasteiger partial charge in [-0.25, -0.2) is 0 Å². The number of nitrogens with zero attached hydrogens (tertiary/aromatic N) is 4. The van der Waals surface area contributed by atoms with Crippen LogP contribution in [-0.2, 0) is 20.0 Å². The summed E-state index contributed by atoms with van der Waals surface area (Å²) in [5.74, 6) is 0. The van der Waals surface area contributed by atoms with Crippen LogP contribution in [0.5, 0.6) is 0 Å². The van der Waals surface area contributed by atoms with Crippen molar-refractivity contribution in [3.05, 3.63) is 35.9 Å². The van der Waals surface area contributed by atoms with E-state index in [1.165, 1.54) is 5.69 Å². The highest BCUT2D eigenvalue weighted by molar-refractivity contribution is 5.01. The third-order valence-corrected chi connectivity index (χ3v) is 3.49. The normalized spacial score (nSPS) is 12.8. The van der Waals surface area contributed by atoms with E-state index >= 15 is 0 Å². The van der Waals surface area contributed by atoms with Gasteiger partial charge in [0.2, 0.25) is 0 Å². The zero-order valence-corrected chi connectivity index (χ0v) is 12.0. The predicted octanol–water partition coefficient (Wildman–Crippen LogP) is 1.92. The second-order valence-corrected chi connectivity index (χ2v) is 4.92. The van der Waals surface area contributed by atoms with Crippen LogP contribution in [0.2, 0.25) is 0 Å². The Hall–Kier alpha value is -1.62. The van der Waals surface area contributed by atoms with E-state index in [0.29, 0.717) is 6.04 Å². The summed E-state index contributed by atoms with van der Waals surface area (Å²) >= 11 is 0. The molecule has 2 heterocycles. The van der Waals surface area contributed by atoms with Gasteiger partial charge in [0, 0.05) is 50.7 Å². The summed E-state index contributed by atoms with van der Waals surface area (Å²) in [7, 11) is 1.98. The Bertz CT molecular complexity index is 499. The van der Waals surface area contributed by atoms with E-state index in [0.717, 1.165) is 31.6 Å². The second-order valence-electron chi connectivity index (χ2n) is 4.92. The minimum absolute atomic E-state index is 0.475. The molecule has 104 valence electrons. The monoisotopic (exact) mass is 261 g/mol. The van der Waals surface area contributed by atoms with E-state index in [1.54, 1.807) is 0 Å². The van der Waals surface area contributed by atoms with Crippen molar-refractivity contribution in [1.82, 2.24) is 24.9 Å². The molecule has 0 aliphatic heterocycles. The maximum absolute atomic E-state index is 4.57. The number of aromatic nitrogens is 4. The fourth-order valence-electron chi connectivity index (χ4n) is 1.98. The van der Waals surface area contributed by atoms with Crippen LogP contribution in [0.4, 0.5) is 0 Å². The molecule has 0 aromatic carbocycles. The largest absolute Gasteiger partial charge is 0.311 e. The molecule has 2 aromatic rings. The van der Waals surface area contributed by atoms with Crippen LogP contribution in [0.1, 0.15) is 37.7 Å². The molecule has 5 nitrogen and oxygen atoms in total. The fourth-order valence-corrected chi connectivity index (χ4v) is 1.98. The lowest BCUT2D eigenvalue weighted by Crippen LogP contribution is -2.18. The summed E-state index contributed by atoms with van der Waals surface area (Å²) < 4.78 is 3.96. The van der Waals surface area contributed by atoms with Crippen molar-refractivity contribution in [1.29, 1.82) is 0 Å². The molecule has 0 spiro atoms. The molecular weight excluding hydrogens is 238 g/mol. The van der Waals surface area contributed by atoms with Gasteiger partial charge in [-0.15, -0.1) is 0 Å². The summed E-state index contributed by atoms with van der Waals surface area (Å²) in [6.07, 6.45) is 5.99. The number of hydrogen-bond acceptors (Lipinski definition) is 3. The van der Waals surface area contributed by atoms with Gasteiger partial charge in [0.1, 0.15) is 0 Å². The molecule has 0 saturated carbocycles. The summed E-state index contributed by atoms with van der Waals surface area (Å²) in [5.41, 5.74) is 2.35. The van der Waals surface area contributed by atoms with Gasteiger partial charge in [0.05, 0.1) is 5.69 Å². The van der Waals surface area contributed by atoms with E-state index in [9.17, 15) is 0 Å². The van der Waals surface area contributed by atoms with Crippen LogP contribution in [0.15, 0.2) is 24.5 Å². The Morgan fingerprint density at radius 2 is 2.21 bits per heavy atom. The number of rotatable bonds is 7. The van der Waals surface area contributed by atoms with Crippen LogP contribution in [0, 0.1) is 0 Å². The van der Waals surface area contributed by atoms with Gasteiger partial charge in [0.25, 0.3) is 0 Å². The summed E-state index contributed by atoms with van der Waals surface area (Å²) in [6.45, 7) is 6.13. The van der Waals surface area contributed by atoms with Gasteiger partial charge in [-0.2, -0.15) is 10.2 Å². The van der Waals surface area contributed by atoms with Crippen LogP contribution in [0.25, 0.3) is 0 Å². The smallest absolute Gasteiger partial charge is 0.0762 e. The molecule has 19 heavy (non-hydrogen) atoms. The molecule has 1 N–H and O–H groups in total. The maximum Gasteiger partial charge on any atom is 0.0762 e. The van der Waals surface area contributed by atoms with Crippen LogP contribution in [-0.4, -0.2) is 26.1 Å². The lowest BCUT2D eigenvalue weighted by atomic mass is 10.3. The Morgan fingerprint density at radius 1 is 1.37 bits per heavy atom.